The summed E-state index contributed by atoms with van der Waals surface area (Å²) in [7, 11) is 1.52. The van der Waals surface area contributed by atoms with Gasteiger partial charge < -0.3 is 15.8 Å². The summed E-state index contributed by atoms with van der Waals surface area (Å²) in [5, 5.41) is 2.88. The molecule has 0 spiro atoms. The number of thiocarbonyl (C=S) groups is 1. The van der Waals surface area contributed by atoms with E-state index in [1.165, 1.54) is 19.2 Å². The van der Waals surface area contributed by atoms with Crippen molar-refractivity contribution in [2.24, 2.45) is 5.73 Å². The molecule has 2 aromatic rings. The van der Waals surface area contributed by atoms with Crippen molar-refractivity contribution < 1.29 is 13.5 Å². The molecular weight excluding hydrogens is 282 g/mol. The van der Waals surface area contributed by atoms with E-state index in [2.05, 4.69) is 5.32 Å². The summed E-state index contributed by atoms with van der Waals surface area (Å²) < 4.78 is 31.5. The molecule has 6 heteroatoms. The van der Waals surface area contributed by atoms with E-state index in [9.17, 15) is 8.78 Å². The zero-order valence-electron chi connectivity index (χ0n) is 10.6. The molecule has 0 heterocycles. The minimum Gasteiger partial charge on any atom is -0.497 e. The van der Waals surface area contributed by atoms with Crippen LogP contribution in [0.5, 0.6) is 5.75 Å². The number of rotatable bonds is 4. The van der Waals surface area contributed by atoms with Gasteiger partial charge in [0.25, 0.3) is 0 Å². The molecule has 0 radical (unpaired) electrons. The molecule has 0 aliphatic heterocycles. The highest BCUT2D eigenvalue weighted by Crippen LogP contribution is 2.26. The van der Waals surface area contributed by atoms with E-state index >= 15 is 0 Å². The van der Waals surface area contributed by atoms with Crippen molar-refractivity contribution in [3.63, 3.8) is 0 Å². The minimum atomic E-state index is -0.674. The zero-order valence-corrected chi connectivity index (χ0v) is 11.4. The van der Waals surface area contributed by atoms with E-state index in [1.54, 1.807) is 18.2 Å². The predicted molar refractivity (Wildman–Crippen MR) is 78.5 cm³/mol. The molecule has 0 saturated carbocycles. The monoisotopic (exact) mass is 294 g/mol. The van der Waals surface area contributed by atoms with Crippen molar-refractivity contribution >= 4 is 28.6 Å². The molecular formula is C14H12F2N2OS. The Morgan fingerprint density at radius 1 is 1.15 bits per heavy atom. The summed E-state index contributed by atoms with van der Waals surface area (Å²) in [6.07, 6.45) is 0. The Kier molecular flexibility index (Phi) is 4.14. The molecule has 0 amide bonds. The number of methoxy groups -OCH3 is 1. The Hall–Kier alpha value is -2.21. The molecule has 104 valence electrons. The fourth-order valence-corrected chi connectivity index (χ4v) is 1.93. The van der Waals surface area contributed by atoms with Gasteiger partial charge in [0, 0.05) is 23.4 Å². The second-order valence-corrected chi connectivity index (χ2v) is 4.50. The number of halogens is 2. The first kappa shape index (κ1) is 14.2. The molecule has 0 aromatic heterocycles. The molecule has 0 atom stereocenters. The molecule has 3 N–H and O–H groups in total. The number of hydrogen-bond acceptors (Lipinski definition) is 3. The molecule has 0 bridgehead atoms. The third-order valence-electron chi connectivity index (χ3n) is 2.63. The molecule has 2 rings (SSSR count). The minimum absolute atomic E-state index is 0.173. The van der Waals surface area contributed by atoms with Crippen LogP contribution in [0.25, 0.3) is 0 Å². The second kappa shape index (κ2) is 5.83. The van der Waals surface area contributed by atoms with E-state index in [4.69, 9.17) is 22.7 Å². The van der Waals surface area contributed by atoms with Gasteiger partial charge in [-0.05, 0) is 24.3 Å². The van der Waals surface area contributed by atoms with Gasteiger partial charge in [0.1, 0.15) is 22.4 Å². The average Bonchev–Trinajstić information content (AvgIpc) is 2.37. The average molecular weight is 294 g/mol. The molecule has 20 heavy (non-hydrogen) atoms. The molecule has 0 aliphatic carbocycles. The number of anilines is 2. The van der Waals surface area contributed by atoms with Crippen LogP contribution in [0.15, 0.2) is 36.4 Å². The Morgan fingerprint density at radius 3 is 2.35 bits per heavy atom. The van der Waals surface area contributed by atoms with E-state index in [-0.39, 0.29) is 10.7 Å². The molecule has 0 fully saturated rings. The molecule has 0 aliphatic rings. The van der Waals surface area contributed by atoms with Gasteiger partial charge in [-0.25, -0.2) is 8.78 Å². The van der Waals surface area contributed by atoms with Crippen molar-refractivity contribution in [1.29, 1.82) is 0 Å². The van der Waals surface area contributed by atoms with Gasteiger partial charge >= 0.3 is 0 Å². The molecule has 0 saturated heterocycles. The maximum Gasteiger partial charge on any atom is 0.128 e. The number of nitrogens with two attached hydrogens (primary N) is 1. The van der Waals surface area contributed by atoms with Gasteiger partial charge in [-0.3, -0.25) is 0 Å². The van der Waals surface area contributed by atoms with Crippen LogP contribution in [0, 0.1) is 11.6 Å². The summed E-state index contributed by atoms with van der Waals surface area (Å²) in [4.78, 5) is 0.173. The third-order valence-corrected chi connectivity index (χ3v) is 2.85. The first-order chi connectivity index (χ1) is 9.49. The number of hydrogen-bond donors (Lipinski definition) is 2. The maximum atomic E-state index is 13.2. The van der Waals surface area contributed by atoms with Gasteiger partial charge in [-0.1, -0.05) is 12.2 Å². The third kappa shape index (κ3) is 3.21. The lowest BCUT2D eigenvalue weighted by Crippen LogP contribution is -2.12. The Bertz CT molecular complexity index is 641. The fourth-order valence-electron chi connectivity index (χ4n) is 1.75. The van der Waals surface area contributed by atoms with Crippen molar-refractivity contribution in [2.75, 3.05) is 12.4 Å². The van der Waals surface area contributed by atoms with Crippen LogP contribution in [0.2, 0.25) is 0 Å². The molecule has 3 nitrogen and oxygen atoms in total. The summed E-state index contributed by atoms with van der Waals surface area (Å²) in [6, 6.07) is 8.17. The SMILES string of the molecule is COc1ccc(C(N)=S)c(Nc2cc(F)cc(F)c2)c1. The Morgan fingerprint density at radius 2 is 1.80 bits per heavy atom. The normalized spacial score (nSPS) is 10.2. The van der Waals surface area contributed by atoms with Crippen LogP contribution in [-0.2, 0) is 0 Å². The maximum absolute atomic E-state index is 13.2. The van der Waals surface area contributed by atoms with Crippen LogP contribution < -0.4 is 15.8 Å². The largest absolute Gasteiger partial charge is 0.497 e. The topological polar surface area (TPSA) is 47.3 Å². The number of nitrogens with one attached hydrogen (secondary N) is 1. The zero-order chi connectivity index (χ0) is 14.7. The molecule has 0 unspecified atom stereocenters. The summed E-state index contributed by atoms with van der Waals surface area (Å²) >= 11 is 4.95. The van der Waals surface area contributed by atoms with E-state index in [0.29, 0.717) is 17.0 Å². The van der Waals surface area contributed by atoms with Gasteiger partial charge in [0.15, 0.2) is 0 Å². The summed E-state index contributed by atoms with van der Waals surface area (Å²) in [6.45, 7) is 0. The Balaban J connectivity index is 2.42. The highest BCUT2D eigenvalue weighted by Gasteiger charge is 2.09. The molecule has 2 aromatic carbocycles. The summed E-state index contributed by atoms with van der Waals surface area (Å²) in [5.74, 6) is -0.774. The van der Waals surface area contributed by atoms with Crippen molar-refractivity contribution in [3.8, 4) is 5.75 Å². The highest BCUT2D eigenvalue weighted by molar-refractivity contribution is 7.80. The fraction of sp³-hybridized carbons (Fsp3) is 0.0714. The lowest BCUT2D eigenvalue weighted by molar-refractivity contribution is 0.415. The Labute approximate surface area is 120 Å². The van der Waals surface area contributed by atoms with Crippen molar-refractivity contribution in [3.05, 3.63) is 53.6 Å². The standard InChI is InChI=1S/C14H12F2N2OS/c1-19-11-2-3-12(14(17)20)13(7-11)18-10-5-8(15)4-9(16)6-10/h2-7,18H,1H3,(H2,17,20). The first-order valence-corrected chi connectivity index (χ1v) is 6.11. The highest BCUT2D eigenvalue weighted by atomic mass is 32.1. The van der Waals surface area contributed by atoms with Crippen LogP contribution in [0.1, 0.15) is 5.56 Å². The van der Waals surface area contributed by atoms with E-state index < -0.39 is 11.6 Å². The van der Waals surface area contributed by atoms with Gasteiger partial charge in [0.05, 0.1) is 12.8 Å². The van der Waals surface area contributed by atoms with Crippen molar-refractivity contribution in [2.45, 2.75) is 0 Å². The van der Waals surface area contributed by atoms with Crippen LogP contribution in [0.4, 0.5) is 20.2 Å². The van der Waals surface area contributed by atoms with Gasteiger partial charge in [0.2, 0.25) is 0 Å². The van der Waals surface area contributed by atoms with Gasteiger partial charge in [-0.2, -0.15) is 0 Å². The van der Waals surface area contributed by atoms with Crippen molar-refractivity contribution in [1.82, 2.24) is 0 Å². The second-order valence-electron chi connectivity index (χ2n) is 4.06. The lowest BCUT2D eigenvalue weighted by Gasteiger charge is -2.13. The van der Waals surface area contributed by atoms with E-state index in [1.807, 2.05) is 0 Å². The predicted octanol–water partition coefficient (Wildman–Crippen LogP) is 3.35. The van der Waals surface area contributed by atoms with Crippen LogP contribution in [0.3, 0.4) is 0 Å². The van der Waals surface area contributed by atoms with Crippen LogP contribution in [-0.4, -0.2) is 12.1 Å². The lowest BCUT2D eigenvalue weighted by atomic mass is 10.1. The number of ether oxygens (including phenoxy) is 1. The quantitative estimate of drug-likeness (QED) is 0.849. The van der Waals surface area contributed by atoms with Gasteiger partial charge in [-0.15, -0.1) is 0 Å². The smallest absolute Gasteiger partial charge is 0.128 e. The van der Waals surface area contributed by atoms with Crippen LogP contribution >= 0.6 is 12.2 Å². The summed E-state index contributed by atoms with van der Waals surface area (Å²) in [5.41, 5.74) is 6.96. The first-order valence-electron chi connectivity index (χ1n) is 5.70. The number of benzene rings is 2. The van der Waals surface area contributed by atoms with E-state index in [0.717, 1.165) is 6.07 Å².